The maximum Gasteiger partial charge on any atom is 0.304 e. The molecule has 0 radical (unpaired) electrons. The summed E-state index contributed by atoms with van der Waals surface area (Å²) in [6, 6.07) is 9.78. The predicted octanol–water partition coefficient (Wildman–Crippen LogP) is 3.00. The van der Waals surface area contributed by atoms with E-state index in [0.29, 0.717) is 0 Å². The Bertz CT molecular complexity index is 285. The normalized spacial score (nSPS) is 12.1. The number of carbonyl (C=O) groups is 1. The van der Waals surface area contributed by atoms with Crippen LogP contribution in [0.2, 0.25) is 0 Å². The topological polar surface area (TPSA) is 26.3 Å². The fourth-order valence-electron chi connectivity index (χ4n) is 1.11. The van der Waals surface area contributed by atoms with Crippen molar-refractivity contribution in [2.75, 3.05) is 5.75 Å². The smallest absolute Gasteiger partial charge is 0.304 e. The fourth-order valence-corrected chi connectivity index (χ4v) is 1.97. The van der Waals surface area contributed by atoms with Crippen LogP contribution in [-0.2, 0) is 9.53 Å². The number of thioether (sulfide) groups is 1. The standard InChI is InChI=1S/C11H14O2S/c1-3-14-11(13-9(2)12)10-7-5-4-6-8-10/h4-8,11H,3H2,1-2H3. The van der Waals surface area contributed by atoms with Gasteiger partial charge in [0.15, 0.2) is 5.44 Å². The molecule has 0 aromatic heterocycles. The SMILES string of the molecule is CCSC(OC(C)=O)c1ccccc1. The van der Waals surface area contributed by atoms with E-state index in [1.165, 1.54) is 6.92 Å². The zero-order chi connectivity index (χ0) is 10.4. The molecule has 0 bridgehead atoms. The van der Waals surface area contributed by atoms with Gasteiger partial charge in [-0.3, -0.25) is 4.79 Å². The van der Waals surface area contributed by atoms with Crippen LogP contribution in [0.1, 0.15) is 24.8 Å². The van der Waals surface area contributed by atoms with Crippen molar-refractivity contribution in [2.45, 2.75) is 19.3 Å². The number of esters is 1. The molecule has 0 heterocycles. The molecule has 0 fully saturated rings. The van der Waals surface area contributed by atoms with Crippen LogP contribution in [0, 0.1) is 0 Å². The molecule has 0 aliphatic heterocycles. The van der Waals surface area contributed by atoms with Crippen LogP contribution in [0.3, 0.4) is 0 Å². The van der Waals surface area contributed by atoms with Crippen LogP contribution in [0.25, 0.3) is 0 Å². The summed E-state index contributed by atoms with van der Waals surface area (Å²) in [4.78, 5) is 10.9. The Morgan fingerprint density at radius 3 is 2.57 bits per heavy atom. The lowest BCUT2D eigenvalue weighted by Crippen LogP contribution is -2.05. The van der Waals surface area contributed by atoms with E-state index in [-0.39, 0.29) is 11.4 Å². The van der Waals surface area contributed by atoms with Crippen LogP contribution in [-0.4, -0.2) is 11.7 Å². The van der Waals surface area contributed by atoms with Crippen molar-refractivity contribution in [2.24, 2.45) is 0 Å². The van der Waals surface area contributed by atoms with E-state index in [2.05, 4.69) is 0 Å². The van der Waals surface area contributed by atoms with Crippen molar-refractivity contribution < 1.29 is 9.53 Å². The van der Waals surface area contributed by atoms with E-state index in [9.17, 15) is 4.79 Å². The summed E-state index contributed by atoms with van der Waals surface area (Å²) in [6.07, 6.45) is 0. The number of ether oxygens (including phenoxy) is 1. The lowest BCUT2D eigenvalue weighted by atomic mass is 10.2. The minimum absolute atomic E-state index is 0.168. The molecule has 0 N–H and O–H groups in total. The second-order valence-corrected chi connectivity index (χ2v) is 4.15. The summed E-state index contributed by atoms with van der Waals surface area (Å²) in [5.41, 5.74) is 0.869. The van der Waals surface area contributed by atoms with Crippen LogP contribution < -0.4 is 0 Å². The average Bonchev–Trinajstić information content (AvgIpc) is 2.18. The second-order valence-electron chi connectivity index (χ2n) is 2.81. The molecular weight excluding hydrogens is 196 g/mol. The third-order valence-corrected chi connectivity index (χ3v) is 2.67. The van der Waals surface area contributed by atoms with Gasteiger partial charge >= 0.3 is 5.97 Å². The van der Waals surface area contributed by atoms with Gasteiger partial charge in [-0.05, 0) is 5.75 Å². The summed E-state index contributed by atoms with van der Waals surface area (Å²) >= 11 is 1.61. The van der Waals surface area contributed by atoms with Crippen LogP contribution in [0.15, 0.2) is 30.3 Å². The van der Waals surface area contributed by atoms with E-state index in [1.807, 2.05) is 37.3 Å². The summed E-state index contributed by atoms with van der Waals surface area (Å²) < 4.78 is 5.20. The van der Waals surface area contributed by atoms with E-state index in [4.69, 9.17) is 4.74 Å². The minimum Gasteiger partial charge on any atom is -0.446 e. The van der Waals surface area contributed by atoms with Gasteiger partial charge in [-0.1, -0.05) is 37.3 Å². The number of carbonyl (C=O) groups excluding carboxylic acids is 1. The molecule has 1 aromatic rings. The van der Waals surface area contributed by atoms with Crippen molar-refractivity contribution in [1.29, 1.82) is 0 Å². The summed E-state index contributed by atoms with van der Waals surface area (Å²) in [7, 11) is 0. The molecule has 0 saturated heterocycles. The van der Waals surface area contributed by atoms with Gasteiger partial charge in [-0.15, -0.1) is 11.8 Å². The van der Waals surface area contributed by atoms with Gasteiger partial charge in [-0.2, -0.15) is 0 Å². The Labute approximate surface area is 88.7 Å². The van der Waals surface area contributed by atoms with Crippen molar-refractivity contribution >= 4 is 17.7 Å². The summed E-state index contributed by atoms with van der Waals surface area (Å²) in [5.74, 6) is 0.687. The number of hydrogen-bond donors (Lipinski definition) is 0. The highest BCUT2D eigenvalue weighted by atomic mass is 32.2. The first-order valence-corrected chi connectivity index (χ1v) is 5.62. The van der Waals surface area contributed by atoms with Crippen LogP contribution in [0.4, 0.5) is 0 Å². The first-order valence-electron chi connectivity index (χ1n) is 4.57. The Hall–Kier alpha value is -0.960. The third kappa shape index (κ3) is 3.42. The molecule has 1 rings (SSSR count). The molecule has 3 heteroatoms. The molecule has 76 valence electrons. The number of rotatable bonds is 4. The molecule has 0 amide bonds. The molecule has 0 spiro atoms. The highest BCUT2D eigenvalue weighted by Gasteiger charge is 2.13. The van der Waals surface area contributed by atoms with Gasteiger partial charge in [0, 0.05) is 12.5 Å². The van der Waals surface area contributed by atoms with Gasteiger partial charge < -0.3 is 4.74 Å². The first kappa shape index (κ1) is 11.1. The Morgan fingerprint density at radius 2 is 2.07 bits per heavy atom. The first-order chi connectivity index (χ1) is 6.74. The summed E-state index contributed by atoms with van der Waals surface area (Å²) in [6.45, 7) is 3.48. The van der Waals surface area contributed by atoms with Crippen molar-refractivity contribution in [3.63, 3.8) is 0 Å². The average molecular weight is 210 g/mol. The van der Waals surface area contributed by atoms with Gasteiger partial charge in [0.25, 0.3) is 0 Å². The van der Waals surface area contributed by atoms with Crippen LogP contribution >= 0.6 is 11.8 Å². The minimum atomic E-state index is -0.236. The summed E-state index contributed by atoms with van der Waals surface area (Å²) in [5, 5.41) is 0. The monoisotopic (exact) mass is 210 g/mol. The van der Waals surface area contributed by atoms with Crippen molar-refractivity contribution in [3.05, 3.63) is 35.9 Å². The highest BCUT2D eigenvalue weighted by molar-refractivity contribution is 7.99. The van der Waals surface area contributed by atoms with E-state index >= 15 is 0 Å². The Morgan fingerprint density at radius 1 is 1.43 bits per heavy atom. The van der Waals surface area contributed by atoms with E-state index in [1.54, 1.807) is 11.8 Å². The number of benzene rings is 1. The number of hydrogen-bond acceptors (Lipinski definition) is 3. The molecule has 1 atom stereocenters. The predicted molar refractivity (Wildman–Crippen MR) is 59.1 cm³/mol. The fraction of sp³-hybridized carbons (Fsp3) is 0.364. The quantitative estimate of drug-likeness (QED) is 0.564. The molecule has 14 heavy (non-hydrogen) atoms. The lowest BCUT2D eigenvalue weighted by Gasteiger charge is -2.15. The lowest BCUT2D eigenvalue weighted by molar-refractivity contribution is -0.142. The van der Waals surface area contributed by atoms with E-state index in [0.717, 1.165) is 11.3 Å². The van der Waals surface area contributed by atoms with Crippen molar-refractivity contribution in [1.82, 2.24) is 0 Å². The van der Waals surface area contributed by atoms with Gasteiger partial charge in [0.05, 0.1) is 0 Å². The molecular formula is C11H14O2S. The van der Waals surface area contributed by atoms with Gasteiger partial charge in [0.1, 0.15) is 0 Å². The highest BCUT2D eigenvalue weighted by Crippen LogP contribution is 2.29. The van der Waals surface area contributed by atoms with Crippen LogP contribution in [0.5, 0.6) is 0 Å². The molecule has 1 unspecified atom stereocenters. The Balaban J connectivity index is 2.72. The second kappa shape index (κ2) is 5.70. The van der Waals surface area contributed by atoms with Gasteiger partial charge in [-0.25, -0.2) is 0 Å². The van der Waals surface area contributed by atoms with E-state index < -0.39 is 0 Å². The maximum absolute atomic E-state index is 10.9. The van der Waals surface area contributed by atoms with Gasteiger partial charge in [0.2, 0.25) is 0 Å². The van der Waals surface area contributed by atoms with Crippen molar-refractivity contribution in [3.8, 4) is 0 Å². The Kier molecular flexibility index (Phi) is 4.53. The largest absolute Gasteiger partial charge is 0.446 e. The zero-order valence-corrected chi connectivity index (χ0v) is 9.21. The molecule has 0 saturated carbocycles. The molecule has 2 nitrogen and oxygen atoms in total. The molecule has 1 aromatic carbocycles. The zero-order valence-electron chi connectivity index (χ0n) is 8.40. The maximum atomic E-state index is 10.9. The third-order valence-electron chi connectivity index (χ3n) is 1.66. The molecule has 0 aliphatic carbocycles. The molecule has 0 aliphatic rings.